The Labute approximate surface area is 82.0 Å². The summed E-state index contributed by atoms with van der Waals surface area (Å²) in [5, 5.41) is 9.07. The van der Waals surface area contributed by atoms with Crippen LogP contribution in [0.1, 0.15) is 12.5 Å². The Morgan fingerprint density at radius 2 is 1.92 bits per heavy atom. The van der Waals surface area contributed by atoms with Crippen molar-refractivity contribution in [1.29, 1.82) is 0 Å². The third kappa shape index (κ3) is 1.86. The second kappa shape index (κ2) is 3.83. The number of carboxylic acids is 1. The molecule has 2 nitrogen and oxygen atoms in total. The van der Waals surface area contributed by atoms with Crippen molar-refractivity contribution in [2.24, 2.45) is 0 Å². The Morgan fingerprint density at radius 1 is 1.38 bits per heavy atom. The van der Waals surface area contributed by atoms with Crippen LogP contribution >= 0.6 is 11.8 Å². The average Bonchev–Trinajstić information content (AvgIpc) is 2.17. The van der Waals surface area contributed by atoms with Crippen molar-refractivity contribution in [3.05, 3.63) is 35.9 Å². The van der Waals surface area contributed by atoms with Gasteiger partial charge in [0.25, 0.3) is 0 Å². The van der Waals surface area contributed by atoms with Gasteiger partial charge in [0.15, 0.2) is 0 Å². The molecule has 1 aromatic rings. The molecule has 0 heterocycles. The van der Waals surface area contributed by atoms with Gasteiger partial charge in [-0.1, -0.05) is 30.3 Å². The maximum Gasteiger partial charge on any atom is 0.324 e. The smallest absolute Gasteiger partial charge is 0.324 e. The molecule has 0 bridgehead atoms. The lowest BCUT2D eigenvalue weighted by Crippen LogP contribution is -2.28. The van der Waals surface area contributed by atoms with Gasteiger partial charge in [-0.25, -0.2) is 0 Å². The molecule has 1 atom stereocenters. The molecule has 0 aromatic heterocycles. The fourth-order valence-electron chi connectivity index (χ4n) is 1.08. The normalized spacial score (nSPS) is 14.9. The van der Waals surface area contributed by atoms with Crippen LogP contribution in [-0.2, 0) is 9.54 Å². The van der Waals surface area contributed by atoms with Gasteiger partial charge >= 0.3 is 5.97 Å². The van der Waals surface area contributed by atoms with Crippen molar-refractivity contribution in [3.8, 4) is 0 Å². The van der Waals surface area contributed by atoms with Crippen molar-refractivity contribution < 1.29 is 9.90 Å². The number of hydrogen-bond donors (Lipinski definition) is 1. The molecule has 70 valence electrons. The minimum absolute atomic E-state index is 0.800. The van der Waals surface area contributed by atoms with Crippen LogP contribution < -0.4 is 0 Å². The summed E-state index contributed by atoms with van der Waals surface area (Å²) in [4.78, 5) is 11.0. The van der Waals surface area contributed by atoms with Gasteiger partial charge in [-0.3, -0.25) is 4.79 Å². The van der Waals surface area contributed by atoms with Crippen LogP contribution in [0.5, 0.6) is 0 Å². The van der Waals surface area contributed by atoms with Gasteiger partial charge in [0.1, 0.15) is 4.75 Å². The predicted molar refractivity (Wildman–Crippen MR) is 54.9 cm³/mol. The number of aliphatic carboxylic acids is 1. The zero-order valence-corrected chi connectivity index (χ0v) is 8.47. The van der Waals surface area contributed by atoms with Crippen LogP contribution in [0.4, 0.5) is 0 Å². The van der Waals surface area contributed by atoms with Crippen LogP contribution in [0.3, 0.4) is 0 Å². The quantitative estimate of drug-likeness (QED) is 0.806. The highest BCUT2D eigenvalue weighted by atomic mass is 32.2. The van der Waals surface area contributed by atoms with Gasteiger partial charge in [0, 0.05) is 0 Å². The largest absolute Gasteiger partial charge is 0.480 e. The number of carboxylic acid groups (broad SMARTS) is 1. The second-order valence-corrected chi connectivity index (χ2v) is 4.13. The van der Waals surface area contributed by atoms with E-state index in [-0.39, 0.29) is 0 Å². The van der Waals surface area contributed by atoms with E-state index in [1.807, 2.05) is 30.3 Å². The summed E-state index contributed by atoms with van der Waals surface area (Å²) in [7, 11) is 0. The number of thioether (sulfide) groups is 1. The fourth-order valence-corrected chi connectivity index (χ4v) is 1.63. The molecule has 0 saturated carbocycles. The zero-order valence-electron chi connectivity index (χ0n) is 7.65. The van der Waals surface area contributed by atoms with Crippen molar-refractivity contribution in [2.75, 3.05) is 6.26 Å². The molecular weight excluding hydrogens is 184 g/mol. The van der Waals surface area contributed by atoms with E-state index in [1.165, 1.54) is 11.8 Å². The Kier molecular flexibility index (Phi) is 2.98. The maximum absolute atomic E-state index is 11.0. The van der Waals surface area contributed by atoms with Crippen LogP contribution in [0.25, 0.3) is 0 Å². The highest BCUT2D eigenvalue weighted by molar-refractivity contribution is 8.00. The molecule has 3 heteroatoms. The van der Waals surface area contributed by atoms with E-state index >= 15 is 0 Å². The number of rotatable bonds is 3. The van der Waals surface area contributed by atoms with E-state index in [0.717, 1.165) is 5.56 Å². The summed E-state index contributed by atoms with van der Waals surface area (Å²) in [5.41, 5.74) is 0.829. The Hall–Kier alpha value is -0.960. The van der Waals surface area contributed by atoms with Gasteiger partial charge in [-0.15, -0.1) is 11.8 Å². The fraction of sp³-hybridized carbons (Fsp3) is 0.300. The number of benzene rings is 1. The first-order valence-corrected chi connectivity index (χ1v) is 5.18. The van der Waals surface area contributed by atoms with Crippen molar-refractivity contribution in [1.82, 2.24) is 0 Å². The van der Waals surface area contributed by atoms with E-state index in [9.17, 15) is 4.79 Å². The highest BCUT2D eigenvalue weighted by Gasteiger charge is 2.33. The molecule has 0 aliphatic rings. The lowest BCUT2D eigenvalue weighted by molar-refractivity contribution is -0.139. The van der Waals surface area contributed by atoms with Gasteiger partial charge in [-0.05, 0) is 18.7 Å². The minimum Gasteiger partial charge on any atom is -0.480 e. The van der Waals surface area contributed by atoms with Crippen molar-refractivity contribution in [3.63, 3.8) is 0 Å². The van der Waals surface area contributed by atoms with Gasteiger partial charge in [-0.2, -0.15) is 0 Å². The molecule has 0 radical (unpaired) electrons. The molecule has 1 N–H and O–H groups in total. The molecule has 13 heavy (non-hydrogen) atoms. The van der Waals surface area contributed by atoms with Crippen LogP contribution in [0, 0.1) is 0 Å². The molecule has 1 unspecified atom stereocenters. The zero-order chi connectivity index (χ0) is 9.90. The summed E-state index contributed by atoms with van der Waals surface area (Å²) in [6, 6.07) is 9.26. The van der Waals surface area contributed by atoms with Crippen LogP contribution in [0.15, 0.2) is 30.3 Å². The third-order valence-corrected chi connectivity index (χ3v) is 3.37. The standard InChI is InChI=1S/C10H12O2S/c1-10(13-2,9(11)12)8-6-4-3-5-7-8/h3-7H,1-2H3,(H,11,12). The SMILES string of the molecule is CSC(C)(C(=O)O)c1ccccc1. The maximum atomic E-state index is 11.0. The second-order valence-electron chi connectivity index (χ2n) is 2.91. The summed E-state index contributed by atoms with van der Waals surface area (Å²) in [6.45, 7) is 1.72. The summed E-state index contributed by atoms with van der Waals surface area (Å²) in [6.07, 6.45) is 1.81. The summed E-state index contributed by atoms with van der Waals surface area (Å²) < 4.78 is -0.832. The van der Waals surface area contributed by atoms with Crippen molar-refractivity contribution in [2.45, 2.75) is 11.7 Å². The molecule has 0 aliphatic heterocycles. The Bertz CT molecular complexity index is 297. The van der Waals surface area contributed by atoms with Crippen molar-refractivity contribution >= 4 is 17.7 Å². The summed E-state index contributed by atoms with van der Waals surface area (Å²) >= 11 is 1.33. The first-order valence-electron chi connectivity index (χ1n) is 3.95. The number of carbonyl (C=O) groups is 1. The average molecular weight is 196 g/mol. The first kappa shape index (κ1) is 10.1. The predicted octanol–water partition coefficient (Wildman–Crippen LogP) is 2.35. The van der Waals surface area contributed by atoms with E-state index < -0.39 is 10.7 Å². The van der Waals surface area contributed by atoms with E-state index in [4.69, 9.17) is 5.11 Å². The minimum atomic E-state index is -0.832. The number of hydrogen-bond acceptors (Lipinski definition) is 2. The lowest BCUT2D eigenvalue weighted by atomic mass is 10.0. The van der Waals surface area contributed by atoms with E-state index in [0.29, 0.717) is 0 Å². The molecule has 0 aliphatic carbocycles. The molecule has 1 aromatic carbocycles. The molecule has 0 spiro atoms. The third-order valence-electron chi connectivity index (χ3n) is 2.14. The monoisotopic (exact) mass is 196 g/mol. The molecular formula is C10H12O2S. The van der Waals surface area contributed by atoms with Crippen LogP contribution in [0.2, 0.25) is 0 Å². The van der Waals surface area contributed by atoms with Gasteiger partial charge in [0.2, 0.25) is 0 Å². The molecule has 1 rings (SSSR count). The van der Waals surface area contributed by atoms with Gasteiger partial charge < -0.3 is 5.11 Å². The van der Waals surface area contributed by atoms with E-state index in [1.54, 1.807) is 13.2 Å². The van der Waals surface area contributed by atoms with E-state index in [2.05, 4.69) is 0 Å². The Morgan fingerprint density at radius 3 is 2.31 bits per heavy atom. The molecule has 0 saturated heterocycles. The Balaban J connectivity index is 3.11. The first-order chi connectivity index (χ1) is 6.11. The lowest BCUT2D eigenvalue weighted by Gasteiger charge is -2.22. The van der Waals surface area contributed by atoms with Crippen LogP contribution in [-0.4, -0.2) is 17.3 Å². The van der Waals surface area contributed by atoms with Gasteiger partial charge in [0.05, 0.1) is 0 Å². The molecule has 0 fully saturated rings. The topological polar surface area (TPSA) is 37.3 Å². The highest BCUT2D eigenvalue weighted by Crippen LogP contribution is 2.34. The summed E-state index contributed by atoms with van der Waals surface area (Å²) in [5.74, 6) is -0.800. The molecule has 0 amide bonds.